The average molecular weight is 475 g/mol. The van der Waals surface area contributed by atoms with Gasteiger partial charge in [-0.3, -0.25) is 0 Å². The van der Waals surface area contributed by atoms with Crippen LogP contribution in [0.3, 0.4) is 0 Å². The van der Waals surface area contributed by atoms with Crippen molar-refractivity contribution in [3.8, 4) is 0 Å². The molecular formula is C21H33BrFNOSSi. The van der Waals surface area contributed by atoms with Gasteiger partial charge in [-0.25, -0.2) is 8.79 Å². The topological polar surface area (TPSA) is 21.6 Å². The zero-order chi connectivity index (χ0) is 20.7. The largest absolute Gasteiger partial charge is 0.411 e. The van der Waals surface area contributed by atoms with E-state index >= 15 is 0 Å². The van der Waals surface area contributed by atoms with Crippen molar-refractivity contribution < 1.29 is 8.82 Å². The summed E-state index contributed by atoms with van der Waals surface area (Å²) in [6.07, 6.45) is 2.71. The molecule has 1 aromatic rings. The van der Waals surface area contributed by atoms with Gasteiger partial charge in [-0.15, -0.1) is 0 Å². The smallest absolute Gasteiger partial charge is 0.192 e. The van der Waals surface area contributed by atoms with Gasteiger partial charge in [0.2, 0.25) is 0 Å². The number of hydrogen-bond acceptors (Lipinski definition) is 3. The summed E-state index contributed by atoms with van der Waals surface area (Å²) >= 11 is 4.98. The second-order valence-electron chi connectivity index (χ2n) is 10.1. The first-order chi connectivity index (χ1) is 12.1. The van der Waals surface area contributed by atoms with Crippen molar-refractivity contribution in [1.82, 2.24) is 0 Å². The van der Waals surface area contributed by atoms with E-state index in [4.69, 9.17) is 8.82 Å². The molecule has 0 spiro atoms. The van der Waals surface area contributed by atoms with Crippen molar-refractivity contribution in [3.63, 3.8) is 0 Å². The second kappa shape index (κ2) is 7.92. The van der Waals surface area contributed by atoms with Crippen LogP contribution in [0, 0.1) is 5.82 Å². The number of halogens is 2. The fourth-order valence-corrected chi connectivity index (χ4v) is 5.11. The van der Waals surface area contributed by atoms with Gasteiger partial charge < -0.3 is 4.43 Å². The molecule has 0 unspecified atom stereocenters. The highest BCUT2D eigenvalue weighted by Gasteiger charge is 2.52. The van der Waals surface area contributed by atoms with Gasteiger partial charge in [0.05, 0.1) is 11.3 Å². The number of benzene rings is 1. The van der Waals surface area contributed by atoms with Crippen LogP contribution in [0.1, 0.15) is 66.4 Å². The molecule has 0 amide bonds. The van der Waals surface area contributed by atoms with Gasteiger partial charge in [0.15, 0.2) is 8.32 Å². The predicted molar refractivity (Wildman–Crippen MR) is 123 cm³/mol. The van der Waals surface area contributed by atoms with Gasteiger partial charge in [-0.2, -0.15) is 0 Å². The normalized spacial score (nSPS) is 17.9. The first-order valence-corrected chi connectivity index (χ1v) is 14.0. The van der Waals surface area contributed by atoms with Crippen LogP contribution in [0.2, 0.25) is 18.1 Å². The van der Waals surface area contributed by atoms with E-state index in [1.54, 1.807) is 6.07 Å². The van der Waals surface area contributed by atoms with E-state index in [-0.39, 0.29) is 21.2 Å². The van der Waals surface area contributed by atoms with Crippen molar-refractivity contribution in [1.29, 1.82) is 0 Å². The highest BCUT2D eigenvalue weighted by Crippen LogP contribution is 2.50. The van der Waals surface area contributed by atoms with Crippen molar-refractivity contribution in [2.75, 3.05) is 0 Å². The van der Waals surface area contributed by atoms with Gasteiger partial charge in [0.1, 0.15) is 5.82 Å². The average Bonchev–Trinajstić information content (AvgIpc) is 3.23. The Morgan fingerprint density at radius 3 is 2.30 bits per heavy atom. The van der Waals surface area contributed by atoms with Crippen LogP contribution in [-0.2, 0) is 4.43 Å². The third-order valence-corrected chi connectivity index (χ3v) is 11.2. The lowest BCUT2D eigenvalue weighted by atomic mass is 10.0. The Kier molecular flexibility index (Phi) is 6.78. The summed E-state index contributed by atoms with van der Waals surface area (Å²) in [5.41, 5.74) is 1.19. The zero-order valence-electron chi connectivity index (χ0n) is 17.9. The van der Waals surface area contributed by atoms with E-state index in [0.717, 1.165) is 23.0 Å². The molecule has 0 N–H and O–H groups in total. The molecule has 0 saturated heterocycles. The number of hydrogen-bond donors (Lipinski definition) is 0. The molecule has 2 nitrogen and oxygen atoms in total. The van der Waals surface area contributed by atoms with E-state index < -0.39 is 8.32 Å². The van der Waals surface area contributed by atoms with Crippen LogP contribution >= 0.6 is 27.9 Å². The van der Waals surface area contributed by atoms with E-state index in [1.165, 1.54) is 18.0 Å². The van der Waals surface area contributed by atoms with Gasteiger partial charge in [-0.05, 0) is 81.9 Å². The Labute approximate surface area is 178 Å². The standard InChI is InChI=1S/C21H33BrFNOSSi/c1-19(2,3)26-24-18(16-13-15(22)9-10-17(16)23)14-21(11-12-21)25-27(7,8)20(4,5)6/h9-10,13H,11-12,14H2,1-8H3/b24-18-. The summed E-state index contributed by atoms with van der Waals surface area (Å²) in [5, 5.41) is 0.154. The summed E-state index contributed by atoms with van der Waals surface area (Å²) in [4.78, 5) is 0. The zero-order valence-corrected chi connectivity index (χ0v) is 21.3. The molecule has 0 bridgehead atoms. The fourth-order valence-electron chi connectivity index (χ4n) is 2.54. The molecule has 0 atom stereocenters. The first-order valence-electron chi connectivity index (χ1n) is 9.55. The molecule has 0 heterocycles. The minimum absolute atomic E-state index is 0.0231. The molecule has 0 aromatic heterocycles. The third-order valence-electron chi connectivity index (χ3n) is 5.24. The van der Waals surface area contributed by atoms with Gasteiger partial charge in [0, 0.05) is 21.2 Å². The van der Waals surface area contributed by atoms with Crippen LogP contribution < -0.4 is 0 Å². The highest BCUT2D eigenvalue weighted by molar-refractivity contribution is 9.10. The molecule has 1 fully saturated rings. The van der Waals surface area contributed by atoms with E-state index in [0.29, 0.717) is 12.0 Å². The van der Waals surface area contributed by atoms with E-state index in [2.05, 4.69) is 70.6 Å². The van der Waals surface area contributed by atoms with E-state index in [1.807, 2.05) is 6.07 Å². The molecule has 2 rings (SSSR count). The van der Waals surface area contributed by atoms with Crippen LogP contribution in [0.15, 0.2) is 27.1 Å². The fraction of sp³-hybridized carbons (Fsp3) is 0.667. The summed E-state index contributed by atoms with van der Waals surface area (Å²) in [7, 11) is -1.89. The minimum atomic E-state index is -1.89. The first kappa shape index (κ1) is 23.1. The van der Waals surface area contributed by atoms with Crippen LogP contribution in [0.5, 0.6) is 0 Å². The SMILES string of the molecule is CC(C)(C)S/N=C(/CC1(O[Si](C)(C)C(C)(C)C)CC1)c1cc(Br)ccc1F. The van der Waals surface area contributed by atoms with Gasteiger partial charge in [-0.1, -0.05) is 36.7 Å². The number of rotatable bonds is 6. The molecule has 27 heavy (non-hydrogen) atoms. The van der Waals surface area contributed by atoms with Crippen LogP contribution in [0.4, 0.5) is 4.39 Å². The summed E-state index contributed by atoms with van der Waals surface area (Å²) in [6, 6.07) is 5.07. The summed E-state index contributed by atoms with van der Waals surface area (Å²) < 4.78 is 27.0. The summed E-state index contributed by atoms with van der Waals surface area (Å²) in [5.74, 6) is -0.227. The molecule has 6 heteroatoms. The van der Waals surface area contributed by atoms with Crippen LogP contribution in [-0.4, -0.2) is 24.4 Å². The maximum atomic E-state index is 14.6. The van der Waals surface area contributed by atoms with E-state index in [9.17, 15) is 4.39 Å². The summed E-state index contributed by atoms with van der Waals surface area (Å²) in [6.45, 7) is 17.7. The lowest BCUT2D eigenvalue weighted by Crippen LogP contribution is -2.45. The Morgan fingerprint density at radius 1 is 1.22 bits per heavy atom. The Morgan fingerprint density at radius 2 is 1.81 bits per heavy atom. The molecule has 1 aromatic carbocycles. The van der Waals surface area contributed by atoms with Crippen molar-refractivity contribution in [3.05, 3.63) is 34.1 Å². The van der Waals surface area contributed by atoms with Crippen molar-refractivity contribution in [2.45, 2.75) is 89.3 Å². The maximum Gasteiger partial charge on any atom is 0.192 e. The Hall–Kier alpha value is -0.173. The molecule has 1 aliphatic carbocycles. The molecule has 1 aliphatic rings. The maximum absolute atomic E-state index is 14.6. The molecular weight excluding hydrogens is 441 g/mol. The lowest BCUT2D eigenvalue weighted by molar-refractivity contribution is 0.166. The molecule has 1 saturated carbocycles. The molecule has 0 aliphatic heterocycles. The van der Waals surface area contributed by atoms with Gasteiger partial charge in [0.25, 0.3) is 0 Å². The van der Waals surface area contributed by atoms with Crippen LogP contribution in [0.25, 0.3) is 0 Å². The quantitative estimate of drug-likeness (QED) is 0.239. The Balaban J connectivity index is 2.34. The second-order valence-corrected chi connectivity index (χ2v) is 17.3. The Bertz CT molecular complexity index is 718. The number of nitrogens with zero attached hydrogens (tertiary/aromatic N) is 1. The molecule has 152 valence electrons. The highest BCUT2D eigenvalue weighted by atomic mass is 79.9. The van der Waals surface area contributed by atoms with Gasteiger partial charge >= 0.3 is 0 Å². The lowest BCUT2D eigenvalue weighted by Gasteiger charge is -2.39. The monoisotopic (exact) mass is 473 g/mol. The predicted octanol–water partition coefficient (Wildman–Crippen LogP) is 7.77. The van der Waals surface area contributed by atoms with Crippen molar-refractivity contribution in [2.24, 2.45) is 4.40 Å². The minimum Gasteiger partial charge on any atom is -0.411 e. The third kappa shape index (κ3) is 6.41. The van der Waals surface area contributed by atoms with Crippen molar-refractivity contribution >= 4 is 41.9 Å². The molecule has 0 radical (unpaired) electrons.